The molecule has 0 fully saturated rings. The molecule has 0 aliphatic rings. The van der Waals surface area contributed by atoms with Crippen molar-refractivity contribution in [2.45, 2.75) is 36.8 Å². The molecule has 0 atom stereocenters. The maximum absolute atomic E-state index is 11.9. The Labute approximate surface area is 129 Å². The molecule has 1 heterocycles. The molecule has 1 aromatic heterocycles. The number of rotatable bonds is 5. The number of hydrogen-bond acceptors (Lipinski definition) is 4. The molecular weight excluding hydrogens is 312 g/mol. The number of benzene rings is 1. The standard InChI is InChI=1S/C14H19ClN2O3S/c1-14(2,20-3)9-17-10-6-5-7-11(21(4,18)19)13(10)16-12(17)8-15/h5-7H,8-9H2,1-4H3. The first-order valence-corrected chi connectivity index (χ1v) is 8.91. The Morgan fingerprint density at radius 2 is 2.05 bits per heavy atom. The topological polar surface area (TPSA) is 61.2 Å². The minimum Gasteiger partial charge on any atom is -0.377 e. The molecule has 21 heavy (non-hydrogen) atoms. The van der Waals surface area contributed by atoms with Crippen LogP contribution in [0.15, 0.2) is 23.1 Å². The van der Waals surface area contributed by atoms with E-state index < -0.39 is 15.4 Å². The van der Waals surface area contributed by atoms with Gasteiger partial charge in [-0.25, -0.2) is 13.4 Å². The van der Waals surface area contributed by atoms with Crippen molar-refractivity contribution in [1.29, 1.82) is 0 Å². The van der Waals surface area contributed by atoms with E-state index in [4.69, 9.17) is 16.3 Å². The third-order valence-corrected chi connectivity index (χ3v) is 4.80. The molecule has 2 rings (SSSR count). The SMILES string of the molecule is COC(C)(C)Cn1c(CCl)nc2c(S(C)(=O)=O)cccc21. The van der Waals surface area contributed by atoms with E-state index in [0.717, 1.165) is 5.52 Å². The van der Waals surface area contributed by atoms with Gasteiger partial charge in [-0.1, -0.05) is 6.07 Å². The largest absolute Gasteiger partial charge is 0.377 e. The number of halogens is 1. The third-order valence-electron chi connectivity index (χ3n) is 3.43. The average Bonchev–Trinajstić information content (AvgIpc) is 2.75. The van der Waals surface area contributed by atoms with E-state index in [1.54, 1.807) is 19.2 Å². The summed E-state index contributed by atoms with van der Waals surface area (Å²) in [5.74, 6) is 0.838. The highest BCUT2D eigenvalue weighted by Crippen LogP contribution is 2.26. The molecule has 0 spiro atoms. The van der Waals surface area contributed by atoms with Gasteiger partial charge in [0.05, 0.1) is 28.4 Å². The number of para-hydroxylation sites is 1. The number of ether oxygens (including phenoxy) is 1. The number of fused-ring (bicyclic) bond motifs is 1. The van der Waals surface area contributed by atoms with Crippen molar-refractivity contribution in [3.05, 3.63) is 24.0 Å². The molecule has 5 nitrogen and oxygen atoms in total. The highest BCUT2D eigenvalue weighted by atomic mass is 35.5. The first-order valence-electron chi connectivity index (χ1n) is 6.49. The van der Waals surface area contributed by atoms with Crippen molar-refractivity contribution in [1.82, 2.24) is 9.55 Å². The predicted octanol–water partition coefficient (Wildman–Crippen LogP) is 2.60. The van der Waals surface area contributed by atoms with E-state index >= 15 is 0 Å². The summed E-state index contributed by atoms with van der Waals surface area (Å²) in [4.78, 5) is 4.63. The minimum atomic E-state index is -3.34. The maximum atomic E-state index is 11.9. The lowest BCUT2D eigenvalue weighted by atomic mass is 10.1. The van der Waals surface area contributed by atoms with Crippen LogP contribution in [0.5, 0.6) is 0 Å². The van der Waals surface area contributed by atoms with E-state index in [0.29, 0.717) is 17.9 Å². The van der Waals surface area contributed by atoms with Crippen LogP contribution in [0.2, 0.25) is 0 Å². The first-order chi connectivity index (χ1) is 9.69. The molecule has 1 aromatic carbocycles. The number of nitrogens with zero attached hydrogens (tertiary/aromatic N) is 2. The Bertz CT molecular complexity index is 766. The summed E-state index contributed by atoms with van der Waals surface area (Å²) in [5, 5.41) is 0. The molecule has 0 N–H and O–H groups in total. The lowest BCUT2D eigenvalue weighted by molar-refractivity contribution is 0.00854. The number of aromatic nitrogens is 2. The quantitative estimate of drug-likeness (QED) is 0.791. The Kier molecular flexibility index (Phi) is 4.33. The lowest BCUT2D eigenvalue weighted by Gasteiger charge is -2.24. The smallest absolute Gasteiger partial charge is 0.177 e. The third kappa shape index (κ3) is 3.22. The van der Waals surface area contributed by atoms with Crippen molar-refractivity contribution in [2.75, 3.05) is 13.4 Å². The van der Waals surface area contributed by atoms with Gasteiger partial charge in [-0.3, -0.25) is 0 Å². The molecule has 0 aliphatic heterocycles. The monoisotopic (exact) mass is 330 g/mol. The van der Waals surface area contributed by atoms with Gasteiger partial charge >= 0.3 is 0 Å². The van der Waals surface area contributed by atoms with Gasteiger partial charge < -0.3 is 9.30 Å². The molecule has 0 unspecified atom stereocenters. The van der Waals surface area contributed by atoms with Gasteiger partial charge in [-0.15, -0.1) is 11.6 Å². The van der Waals surface area contributed by atoms with Crippen molar-refractivity contribution < 1.29 is 13.2 Å². The van der Waals surface area contributed by atoms with Gasteiger partial charge in [0.15, 0.2) is 9.84 Å². The fourth-order valence-electron chi connectivity index (χ4n) is 2.19. The fraction of sp³-hybridized carbons (Fsp3) is 0.500. The van der Waals surface area contributed by atoms with Crippen molar-refractivity contribution in [3.63, 3.8) is 0 Å². The number of imidazole rings is 1. The summed E-state index contributed by atoms with van der Waals surface area (Å²) in [6.45, 7) is 4.45. The second-order valence-corrected chi connectivity index (χ2v) is 7.86. The zero-order chi connectivity index (χ0) is 15.8. The molecule has 0 amide bonds. The van der Waals surface area contributed by atoms with E-state index in [-0.39, 0.29) is 10.8 Å². The highest BCUT2D eigenvalue weighted by Gasteiger charge is 2.23. The maximum Gasteiger partial charge on any atom is 0.177 e. The Morgan fingerprint density at radius 3 is 2.57 bits per heavy atom. The van der Waals surface area contributed by atoms with Crippen LogP contribution in [0.4, 0.5) is 0 Å². The zero-order valence-electron chi connectivity index (χ0n) is 12.6. The summed E-state index contributed by atoms with van der Waals surface area (Å²) in [7, 11) is -1.70. The number of alkyl halides is 1. The summed E-state index contributed by atoms with van der Waals surface area (Å²) in [6, 6.07) is 5.13. The summed E-state index contributed by atoms with van der Waals surface area (Å²) in [6.07, 6.45) is 1.18. The highest BCUT2D eigenvalue weighted by molar-refractivity contribution is 7.91. The van der Waals surface area contributed by atoms with Crippen molar-refractivity contribution >= 4 is 32.5 Å². The van der Waals surface area contributed by atoms with E-state index in [2.05, 4.69) is 4.98 Å². The molecule has 7 heteroatoms. The first kappa shape index (κ1) is 16.3. The van der Waals surface area contributed by atoms with Gasteiger partial charge in [-0.05, 0) is 26.0 Å². The van der Waals surface area contributed by atoms with Gasteiger partial charge in [-0.2, -0.15) is 0 Å². The Morgan fingerprint density at radius 1 is 1.38 bits per heavy atom. The second kappa shape index (κ2) is 5.59. The van der Waals surface area contributed by atoms with Crippen molar-refractivity contribution in [3.8, 4) is 0 Å². The molecule has 116 valence electrons. The number of methoxy groups -OCH3 is 1. The average molecular weight is 331 g/mol. The predicted molar refractivity (Wildman–Crippen MR) is 83.5 cm³/mol. The van der Waals surface area contributed by atoms with E-state index in [1.165, 1.54) is 6.26 Å². The molecule has 0 aliphatic carbocycles. The molecule has 0 bridgehead atoms. The second-order valence-electron chi connectivity index (χ2n) is 5.61. The fourth-order valence-corrected chi connectivity index (χ4v) is 3.22. The molecule has 2 aromatic rings. The lowest BCUT2D eigenvalue weighted by Crippen LogP contribution is -2.29. The van der Waals surface area contributed by atoms with Crippen LogP contribution in [0, 0.1) is 0 Å². The van der Waals surface area contributed by atoms with Crippen molar-refractivity contribution in [2.24, 2.45) is 0 Å². The van der Waals surface area contributed by atoms with Crippen LogP contribution >= 0.6 is 11.6 Å². The van der Waals surface area contributed by atoms with Gasteiger partial charge in [0.2, 0.25) is 0 Å². The van der Waals surface area contributed by atoms with Crippen LogP contribution in [-0.2, 0) is 27.0 Å². The Balaban J connectivity index is 2.72. The van der Waals surface area contributed by atoms with E-state index in [1.807, 2.05) is 24.5 Å². The molecule has 0 radical (unpaired) electrons. The van der Waals surface area contributed by atoms with Gasteiger partial charge in [0.25, 0.3) is 0 Å². The molecule has 0 saturated carbocycles. The summed E-state index contributed by atoms with van der Waals surface area (Å²) >= 11 is 5.97. The van der Waals surface area contributed by atoms with E-state index in [9.17, 15) is 8.42 Å². The molecular formula is C14H19ClN2O3S. The summed E-state index contributed by atoms with van der Waals surface area (Å²) < 4.78 is 31.1. The van der Waals surface area contributed by atoms with Crippen LogP contribution < -0.4 is 0 Å². The van der Waals surface area contributed by atoms with Gasteiger partial charge in [0.1, 0.15) is 11.3 Å². The van der Waals surface area contributed by atoms with Crippen LogP contribution in [0.3, 0.4) is 0 Å². The van der Waals surface area contributed by atoms with Crippen LogP contribution in [-0.4, -0.2) is 36.9 Å². The summed E-state index contributed by atoms with van der Waals surface area (Å²) in [5.41, 5.74) is 0.802. The zero-order valence-corrected chi connectivity index (χ0v) is 14.1. The molecule has 0 saturated heterocycles. The van der Waals surface area contributed by atoms with Crippen LogP contribution in [0.1, 0.15) is 19.7 Å². The Hall–Kier alpha value is -1.11. The normalized spacial score (nSPS) is 13.0. The number of hydrogen-bond donors (Lipinski definition) is 0. The van der Waals surface area contributed by atoms with Gasteiger partial charge in [0, 0.05) is 13.4 Å². The minimum absolute atomic E-state index is 0.206. The number of sulfone groups is 1. The van der Waals surface area contributed by atoms with Crippen LogP contribution in [0.25, 0.3) is 11.0 Å².